The molecule has 2 aliphatic heterocycles. The highest BCUT2D eigenvalue weighted by molar-refractivity contribution is 8.27. The Labute approximate surface area is 184 Å². The fourth-order valence-electron chi connectivity index (χ4n) is 3.10. The van der Waals surface area contributed by atoms with Crippen LogP contribution in [0.2, 0.25) is 0 Å². The van der Waals surface area contributed by atoms with E-state index in [-0.39, 0.29) is 17.1 Å². The summed E-state index contributed by atoms with van der Waals surface area (Å²) in [5.74, 6) is -0.000847. The van der Waals surface area contributed by atoms with Gasteiger partial charge in [0.25, 0.3) is 11.6 Å². The molecule has 11 heteroatoms. The molecule has 5 rings (SSSR count). The molecule has 3 aromatic rings. The number of benzene rings is 1. The normalized spacial score (nSPS) is 16.8. The standard InChI is InChI=1S/C21H12N6O4S/c22-18-16(10-15-6-7-17(31-15)12-3-1-5-14(9-12)27(29)30)19(28)24-21-26(18)25-20(32-21)13-4-2-8-23-11-13/h1-11,22H. The molecule has 0 bridgehead atoms. The minimum Gasteiger partial charge on any atom is -0.457 e. The second kappa shape index (κ2) is 7.71. The molecule has 2 aliphatic rings. The van der Waals surface area contributed by atoms with Crippen LogP contribution in [0.4, 0.5) is 5.69 Å². The van der Waals surface area contributed by atoms with Crippen LogP contribution in [-0.2, 0) is 4.79 Å². The van der Waals surface area contributed by atoms with Crippen LogP contribution in [-0.4, -0.2) is 36.9 Å². The number of nitro benzene ring substituents is 1. The number of aliphatic imine (C=N–C) groups is 1. The van der Waals surface area contributed by atoms with E-state index in [4.69, 9.17) is 9.83 Å². The first kappa shape index (κ1) is 19.6. The van der Waals surface area contributed by atoms with Crippen molar-refractivity contribution in [2.24, 2.45) is 10.1 Å². The number of thioether (sulfide) groups is 1. The van der Waals surface area contributed by atoms with Gasteiger partial charge < -0.3 is 4.42 Å². The Morgan fingerprint density at radius 3 is 2.78 bits per heavy atom. The molecule has 0 fully saturated rings. The van der Waals surface area contributed by atoms with Gasteiger partial charge in [-0.05, 0) is 42.1 Å². The predicted octanol–water partition coefficient (Wildman–Crippen LogP) is 3.92. The van der Waals surface area contributed by atoms with E-state index < -0.39 is 10.8 Å². The molecule has 1 aromatic carbocycles. The van der Waals surface area contributed by atoms with Gasteiger partial charge in [0.15, 0.2) is 5.84 Å². The minimum absolute atomic E-state index is 0.0190. The summed E-state index contributed by atoms with van der Waals surface area (Å²) >= 11 is 1.19. The first-order chi connectivity index (χ1) is 15.5. The van der Waals surface area contributed by atoms with Gasteiger partial charge in [-0.15, -0.1) is 0 Å². The first-order valence-electron chi connectivity index (χ1n) is 9.25. The number of amidine groups is 2. The number of fused-ring (bicyclic) bond motifs is 1. The lowest BCUT2D eigenvalue weighted by Crippen LogP contribution is -2.35. The maximum absolute atomic E-state index is 12.6. The molecular formula is C21H12N6O4S. The molecule has 0 unspecified atom stereocenters. The van der Waals surface area contributed by atoms with Crippen LogP contribution in [0.5, 0.6) is 0 Å². The highest BCUT2D eigenvalue weighted by atomic mass is 32.2. The summed E-state index contributed by atoms with van der Waals surface area (Å²) in [6.45, 7) is 0. The van der Waals surface area contributed by atoms with Gasteiger partial charge in [0.05, 0.1) is 10.5 Å². The molecule has 0 radical (unpaired) electrons. The predicted molar refractivity (Wildman–Crippen MR) is 119 cm³/mol. The zero-order valence-electron chi connectivity index (χ0n) is 16.1. The number of nitro groups is 1. The molecule has 1 amide bonds. The van der Waals surface area contributed by atoms with E-state index in [1.165, 1.54) is 35.0 Å². The van der Waals surface area contributed by atoms with Crippen molar-refractivity contribution in [1.82, 2.24) is 9.99 Å². The fraction of sp³-hybridized carbons (Fsp3) is 0. The largest absolute Gasteiger partial charge is 0.457 e. The number of nitrogens with one attached hydrogen (secondary N) is 1. The lowest BCUT2D eigenvalue weighted by Gasteiger charge is -2.19. The van der Waals surface area contributed by atoms with E-state index in [9.17, 15) is 14.9 Å². The van der Waals surface area contributed by atoms with Gasteiger partial charge >= 0.3 is 0 Å². The van der Waals surface area contributed by atoms with Crippen LogP contribution in [0, 0.1) is 15.5 Å². The number of hydrazone groups is 1. The maximum Gasteiger partial charge on any atom is 0.283 e. The molecular weight excluding hydrogens is 432 g/mol. The second-order valence-electron chi connectivity index (χ2n) is 6.68. The summed E-state index contributed by atoms with van der Waals surface area (Å²) < 4.78 is 5.74. The van der Waals surface area contributed by atoms with Crippen molar-refractivity contribution in [1.29, 1.82) is 5.41 Å². The lowest BCUT2D eigenvalue weighted by molar-refractivity contribution is -0.384. The van der Waals surface area contributed by atoms with E-state index in [0.29, 0.717) is 27.3 Å². The maximum atomic E-state index is 12.6. The summed E-state index contributed by atoms with van der Waals surface area (Å²) in [5, 5.41) is 26.0. The smallest absolute Gasteiger partial charge is 0.283 e. The minimum atomic E-state index is -0.579. The van der Waals surface area contributed by atoms with Crippen molar-refractivity contribution >= 4 is 45.5 Å². The van der Waals surface area contributed by atoms with Gasteiger partial charge in [-0.25, -0.2) is 0 Å². The van der Waals surface area contributed by atoms with Gasteiger partial charge in [0.1, 0.15) is 16.6 Å². The molecule has 32 heavy (non-hydrogen) atoms. The summed E-state index contributed by atoms with van der Waals surface area (Å²) in [4.78, 5) is 31.2. The average Bonchev–Trinajstić information content (AvgIpc) is 3.45. The summed E-state index contributed by atoms with van der Waals surface area (Å²) in [6, 6.07) is 12.9. The average molecular weight is 444 g/mol. The number of amides is 1. The molecule has 1 N–H and O–H groups in total. The molecule has 4 heterocycles. The van der Waals surface area contributed by atoms with Crippen LogP contribution in [0.1, 0.15) is 11.3 Å². The number of hydrogen-bond acceptors (Lipinski definition) is 8. The third-order valence-corrected chi connectivity index (χ3v) is 5.58. The Morgan fingerprint density at radius 2 is 2.00 bits per heavy atom. The summed E-state index contributed by atoms with van der Waals surface area (Å²) in [5.41, 5.74) is 1.24. The highest BCUT2D eigenvalue weighted by Gasteiger charge is 2.36. The Morgan fingerprint density at radius 1 is 1.16 bits per heavy atom. The van der Waals surface area contributed by atoms with E-state index in [0.717, 1.165) is 5.56 Å². The highest BCUT2D eigenvalue weighted by Crippen LogP contribution is 2.31. The van der Waals surface area contributed by atoms with E-state index >= 15 is 0 Å². The van der Waals surface area contributed by atoms with Crippen molar-refractivity contribution in [3.8, 4) is 11.3 Å². The quantitative estimate of drug-likeness (QED) is 0.366. The number of non-ortho nitro benzene ring substituents is 1. The number of nitrogens with zero attached hydrogens (tertiary/aromatic N) is 5. The van der Waals surface area contributed by atoms with E-state index in [1.807, 2.05) is 6.07 Å². The van der Waals surface area contributed by atoms with Gasteiger partial charge in [0, 0.05) is 35.7 Å². The Bertz CT molecular complexity index is 1380. The summed E-state index contributed by atoms with van der Waals surface area (Å²) in [6.07, 6.45) is 4.70. The number of rotatable bonds is 4. The van der Waals surface area contributed by atoms with Crippen molar-refractivity contribution in [2.75, 3.05) is 0 Å². The third-order valence-electron chi connectivity index (χ3n) is 4.62. The number of furan rings is 1. The van der Waals surface area contributed by atoms with Crippen LogP contribution in [0.25, 0.3) is 17.4 Å². The van der Waals surface area contributed by atoms with Gasteiger partial charge in [-0.3, -0.25) is 25.3 Å². The van der Waals surface area contributed by atoms with Crippen molar-refractivity contribution in [2.45, 2.75) is 0 Å². The molecule has 0 aliphatic carbocycles. The number of carbonyl (C=O) groups is 1. The molecule has 0 saturated carbocycles. The number of hydrogen-bond donors (Lipinski definition) is 1. The van der Waals surface area contributed by atoms with Crippen molar-refractivity contribution in [3.63, 3.8) is 0 Å². The SMILES string of the molecule is N=C1C(=Cc2ccc(-c3cccc([N+](=O)[O-])c3)o2)C(=O)N=C2SC(c3cccnc3)=NN12. The first-order valence-corrected chi connectivity index (χ1v) is 10.1. The molecule has 0 atom stereocenters. The molecule has 0 spiro atoms. The molecule has 10 nitrogen and oxygen atoms in total. The lowest BCUT2D eigenvalue weighted by atomic mass is 10.1. The van der Waals surface area contributed by atoms with Crippen LogP contribution in [0.3, 0.4) is 0 Å². The third kappa shape index (κ3) is 3.50. The Hall–Kier alpha value is -4.38. The van der Waals surface area contributed by atoms with Gasteiger partial charge in [0.2, 0.25) is 5.17 Å². The number of pyridine rings is 1. The number of aromatic nitrogens is 1. The molecule has 2 aromatic heterocycles. The topological polar surface area (TPSA) is 138 Å². The zero-order valence-corrected chi connectivity index (χ0v) is 16.9. The Balaban J connectivity index is 1.44. The van der Waals surface area contributed by atoms with Gasteiger partial charge in [-0.2, -0.15) is 15.1 Å². The zero-order chi connectivity index (χ0) is 22.2. The summed E-state index contributed by atoms with van der Waals surface area (Å²) in [7, 11) is 0. The van der Waals surface area contributed by atoms with E-state index in [1.54, 1.807) is 42.7 Å². The fourth-order valence-corrected chi connectivity index (χ4v) is 3.98. The second-order valence-corrected chi connectivity index (χ2v) is 7.63. The van der Waals surface area contributed by atoms with Crippen LogP contribution < -0.4 is 0 Å². The monoisotopic (exact) mass is 444 g/mol. The van der Waals surface area contributed by atoms with Crippen molar-refractivity contribution < 1.29 is 14.1 Å². The van der Waals surface area contributed by atoms with Crippen LogP contribution in [0.15, 0.2) is 81.0 Å². The molecule has 0 saturated heterocycles. The van der Waals surface area contributed by atoms with Gasteiger partial charge in [-0.1, -0.05) is 12.1 Å². The van der Waals surface area contributed by atoms with Crippen LogP contribution >= 0.6 is 11.8 Å². The Kier molecular flexibility index (Phi) is 4.71. The number of carbonyl (C=O) groups excluding carboxylic acids is 1. The van der Waals surface area contributed by atoms with E-state index in [2.05, 4.69) is 15.1 Å². The van der Waals surface area contributed by atoms with Crippen molar-refractivity contribution in [3.05, 3.63) is 87.9 Å². The molecule has 156 valence electrons.